The highest BCUT2D eigenvalue weighted by Gasteiger charge is 2.17. The van der Waals surface area contributed by atoms with Gasteiger partial charge in [-0.15, -0.1) is 12.4 Å². The number of pyridine rings is 1. The van der Waals surface area contributed by atoms with Crippen LogP contribution in [0.25, 0.3) is 22.1 Å². The van der Waals surface area contributed by atoms with E-state index in [1.54, 1.807) is 0 Å². The first-order valence-corrected chi connectivity index (χ1v) is 7.52. The van der Waals surface area contributed by atoms with E-state index < -0.39 is 0 Å². The summed E-state index contributed by atoms with van der Waals surface area (Å²) in [6, 6.07) is 0. The van der Waals surface area contributed by atoms with Crippen molar-refractivity contribution in [2.24, 2.45) is 14.1 Å². The Hall–Kier alpha value is -1.86. The summed E-state index contributed by atoms with van der Waals surface area (Å²) < 4.78 is 3.64. The Balaban J connectivity index is 0.00000192. The van der Waals surface area contributed by atoms with Crippen LogP contribution in [0.5, 0.6) is 0 Å². The van der Waals surface area contributed by atoms with Crippen LogP contribution in [-0.4, -0.2) is 56.6 Å². The molecule has 0 saturated heterocycles. The summed E-state index contributed by atoms with van der Waals surface area (Å²) in [6.45, 7) is 4.00. The average Bonchev–Trinajstić information content (AvgIpc) is 2.96. The van der Waals surface area contributed by atoms with E-state index in [2.05, 4.69) is 34.5 Å². The van der Waals surface area contributed by atoms with E-state index in [0.717, 1.165) is 53.0 Å². The minimum Gasteiger partial charge on any atom is -0.384 e. The lowest BCUT2D eigenvalue weighted by Crippen LogP contribution is -2.16. The molecule has 23 heavy (non-hydrogen) atoms. The monoisotopic (exact) mass is 337 g/mol. The zero-order valence-electron chi connectivity index (χ0n) is 14.3. The van der Waals surface area contributed by atoms with Gasteiger partial charge in [0.05, 0.1) is 28.4 Å². The van der Waals surface area contributed by atoms with E-state index in [0.29, 0.717) is 0 Å². The second-order valence-corrected chi connectivity index (χ2v) is 5.98. The van der Waals surface area contributed by atoms with Gasteiger partial charge in [0.2, 0.25) is 0 Å². The predicted octanol–water partition coefficient (Wildman–Crippen LogP) is 1.95. The van der Waals surface area contributed by atoms with Crippen LogP contribution < -0.4 is 5.32 Å². The lowest BCUT2D eigenvalue weighted by molar-refractivity contribution is 0.405. The van der Waals surface area contributed by atoms with Crippen LogP contribution in [0.15, 0.2) is 6.20 Å². The highest BCUT2D eigenvalue weighted by molar-refractivity contribution is 6.06. The number of rotatable bonds is 5. The highest BCUT2D eigenvalue weighted by Crippen LogP contribution is 2.32. The third-order valence-corrected chi connectivity index (χ3v) is 3.91. The normalized spacial score (nSPS) is 11.4. The third-order valence-electron chi connectivity index (χ3n) is 3.91. The Bertz CT molecular complexity index is 818. The van der Waals surface area contributed by atoms with Gasteiger partial charge in [0.25, 0.3) is 0 Å². The molecule has 0 aliphatic rings. The van der Waals surface area contributed by atoms with Crippen molar-refractivity contribution in [3.05, 3.63) is 11.9 Å². The van der Waals surface area contributed by atoms with E-state index in [1.165, 1.54) is 0 Å². The maximum absolute atomic E-state index is 4.73. The van der Waals surface area contributed by atoms with Crippen LogP contribution in [0.3, 0.4) is 0 Å². The molecule has 0 atom stereocenters. The molecular weight excluding hydrogens is 314 g/mol. The van der Waals surface area contributed by atoms with Crippen LogP contribution in [0.1, 0.15) is 12.1 Å². The van der Waals surface area contributed by atoms with Crippen LogP contribution in [0, 0.1) is 6.92 Å². The van der Waals surface area contributed by atoms with Crippen LogP contribution in [0.4, 0.5) is 5.69 Å². The van der Waals surface area contributed by atoms with E-state index >= 15 is 0 Å². The quantitative estimate of drug-likeness (QED) is 0.721. The standard InChI is InChI=1S/C15H23N7.ClH/c1-10-12-13(16-7-6-8-20(2)3)11-9-17-21(4)14(11)18-15(12)22(5)19-10;/h9H,6-8H2,1-5H3,(H,16,18);1H. The number of nitrogens with zero attached hydrogens (tertiary/aromatic N) is 6. The second-order valence-electron chi connectivity index (χ2n) is 5.98. The molecule has 1 N–H and O–H groups in total. The van der Waals surface area contributed by atoms with E-state index in [4.69, 9.17) is 4.98 Å². The smallest absolute Gasteiger partial charge is 0.162 e. The van der Waals surface area contributed by atoms with E-state index in [1.807, 2.05) is 36.6 Å². The molecule has 0 radical (unpaired) electrons. The Morgan fingerprint density at radius 3 is 2.61 bits per heavy atom. The molecule has 126 valence electrons. The zero-order chi connectivity index (χ0) is 15.9. The number of anilines is 1. The number of hydrogen-bond donors (Lipinski definition) is 1. The van der Waals surface area contributed by atoms with Crippen molar-refractivity contribution in [2.45, 2.75) is 13.3 Å². The minimum atomic E-state index is 0. The SMILES string of the molecule is Cc1nn(C)c2nc3c(cnn3C)c(NCCCN(C)C)c12.Cl. The number of halogens is 1. The molecule has 0 fully saturated rings. The Kier molecular flexibility index (Phi) is 5.11. The first kappa shape index (κ1) is 17.5. The van der Waals surface area contributed by atoms with Gasteiger partial charge in [0.1, 0.15) is 0 Å². The summed E-state index contributed by atoms with van der Waals surface area (Å²) in [4.78, 5) is 6.92. The fraction of sp³-hybridized carbons (Fsp3) is 0.533. The van der Waals surface area contributed by atoms with E-state index in [9.17, 15) is 0 Å². The molecule has 3 rings (SSSR count). The molecule has 0 aromatic carbocycles. The molecule has 7 nitrogen and oxygen atoms in total. The lowest BCUT2D eigenvalue weighted by Gasteiger charge is -2.12. The zero-order valence-corrected chi connectivity index (χ0v) is 15.1. The summed E-state index contributed by atoms with van der Waals surface area (Å²) >= 11 is 0. The van der Waals surface area contributed by atoms with Gasteiger partial charge in [-0.05, 0) is 34.0 Å². The van der Waals surface area contributed by atoms with Crippen molar-refractivity contribution in [1.82, 2.24) is 29.4 Å². The Morgan fingerprint density at radius 1 is 1.17 bits per heavy atom. The Labute approximate surface area is 142 Å². The van der Waals surface area contributed by atoms with Crippen molar-refractivity contribution in [3.8, 4) is 0 Å². The molecular formula is C15H24ClN7. The fourth-order valence-electron chi connectivity index (χ4n) is 2.83. The molecule has 0 unspecified atom stereocenters. The topological polar surface area (TPSA) is 63.8 Å². The summed E-state index contributed by atoms with van der Waals surface area (Å²) in [5, 5.41) is 14.6. The molecule has 0 spiro atoms. The summed E-state index contributed by atoms with van der Waals surface area (Å²) in [5.41, 5.74) is 3.86. The van der Waals surface area contributed by atoms with Crippen molar-refractivity contribution in [2.75, 3.05) is 32.5 Å². The molecule has 0 saturated carbocycles. The van der Waals surface area contributed by atoms with Crippen LogP contribution in [-0.2, 0) is 14.1 Å². The first-order chi connectivity index (χ1) is 10.5. The average molecular weight is 338 g/mol. The number of aryl methyl sites for hydroxylation is 3. The largest absolute Gasteiger partial charge is 0.384 e. The van der Waals surface area contributed by atoms with Crippen molar-refractivity contribution >= 4 is 40.2 Å². The van der Waals surface area contributed by atoms with Gasteiger partial charge in [0.15, 0.2) is 11.3 Å². The van der Waals surface area contributed by atoms with Crippen LogP contribution >= 0.6 is 12.4 Å². The van der Waals surface area contributed by atoms with Crippen molar-refractivity contribution in [1.29, 1.82) is 0 Å². The van der Waals surface area contributed by atoms with Crippen molar-refractivity contribution < 1.29 is 0 Å². The van der Waals surface area contributed by atoms with Gasteiger partial charge < -0.3 is 10.2 Å². The maximum atomic E-state index is 4.73. The molecule has 8 heteroatoms. The number of hydrogen-bond acceptors (Lipinski definition) is 5. The molecule has 3 aromatic rings. The van der Waals surface area contributed by atoms with Gasteiger partial charge >= 0.3 is 0 Å². The van der Waals surface area contributed by atoms with Crippen LogP contribution in [0.2, 0.25) is 0 Å². The molecule has 3 aromatic heterocycles. The molecule has 0 bridgehead atoms. The number of fused-ring (bicyclic) bond motifs is 2. The van der Waals surface area contributed by atoms with E-state index in [-0.39, 0.29) is 12.4 Å². The summed E-state index contributed by atoms with van der Waals surface area (Å²) in [6.07, 6.45) is 2.96. The van der Waals surface area contributed by atoms with Gasteiger partial charge in [-0.25, -0.2) is 4.98 Å². The van der Waals surface area contributed by atoms with Gasteiger partial charge in [-0.1, -0.05) is 0 Å². The maximum Gasteiger partial charge on any atom is 0.162 e. The van der Waals surface area contributed by atoms with Crippen molar-refractivity contribution in [3.63, 3.8) is 0 Å². The number of nitrogens with one attached hydrogen (secondary N) is 1. The highest BCUT2D eigenvalue weighted by atomic mass is 35.5. The number of aromatic nitrogens is 5. The Morgan fingerprint density at radius 2 is 1.91 bits per heavy atom. The van der Waals surface area contributed by atoms with Gasteiger partial charge in [-0.2, -0.15) is 10.2 Å². The minimum absolute atomic E-state index is 0. The van der Waals surface area contributed by atoms with Gasteiger partial charge in [-0.3, -0.25) is 9.36 Å². The molecule has 0 aliphatic heterocycles. The third kappa shape index (κ3) is 3.11. The summed E-state index contributed by atoms with van der Waals surface area (Å²) in [7, 11) is 8.03. The fourth-order valence-corrected chi connectivity index (χ4v) is 2.83. The van der Waals surface area contributed by atoms with Gasteiger partial charge in [0, 0.05) is 20.6 Å². The summed E-state index contributed by atoms with van der Waals surface area (Å²) in [5.74, 6) is 0. The second kappa shape index (κ2) is 6.72. The molecule has 3 heterocycles. The lowest BCUT2D eigenvalue weighted by atomic mass is 10.2. The first-order valence-electron chi connectivity index (χ1n) is 7.52. The predicted molar refractivity (Wildman–Crippen MR) is 96.4 cm³/mol. The molecule has 0 amide bonds. The molecule has 0 aliphatic carbocycles.